The molecule has 0 unspecified atom stereocenters. The van der Waals surface area contributed by atoms with E-state index in [1.54, 1.807) is 0 Å². The molecule has 2 aromatic carbocycles. The van der Waals surface area contributed by atoms with Crippen LogP contribution in [0.2, 0.25) is 0 Å². The van der Waals surface area contributed by atoms with Gasteiger partial charge in [0.2, 0.25) is 15.9 Å². The molecule has 1 heterocycles. The fraction of sp³-hybridized carbons (Fsp3) is 0.381. The molecule has 2 aromatic rings. The van der Waals surface area contributed by atoms with Crippen LogP contribution < -0.4 is 10.1 Å². The minimum atomic E-state index is -4.91. The summed E-state index contributed by atoms with van der Waals surface area (Å²) >= 11 is 0. The number of carbonyl (C=O) groups excluding carboxylic acids is 1. The standard InChI is InChI=1S/C21H23F3N2O4S/c1-14-5-3-6-15(2)19(14)25-20(27)16-9-11-26(12-10-16)31(28,29)18-8-4-7-17(13-18)30-21(22,23)24/h3-8,13,16H,9-12H2,1-2H3,(H,25,27). The number of halogens is 3. The van der Waals surface area contributed by atoms with Crippen LogP contribution in [0.5, 0.6) is 5.75 Å². The number of benzene rings is 2. The molecular weight excluding hydrogens is 433 g/mol. The molecule has 1 aliphatic rings. The Kier molecular flexibility index (Phi) is 6.61. The maximum Gasteiger partial charge on any atom is 0.573 e. The number of hydrogen-bond acceptors (Lipinski definition) is 4. The van der Waals surface area contributed by atoms with Gasteiger partial charge in [0.25, 0.3) is 0 Å². The second-order valence-corrected chi connectivity index (χ2v) is 9.40. The molecule has 0 aromatic heterocycles. The van der Waals surface area contributed by atoms with Crippen molar-refractivity contribution in [2.75, 3.05) is 18.4 Å². The maximum absolute atomic E-state index is 12.9. The second-order valence-electron chi connectivity index (χ2n) is 7.46. The van der Waals surface area contributed by atoms with Crippen LogP contribution in [0.15, 0.2) is 47.4 Å². The number of rotatable bonds is 5. The third kappa shape index (κ3) is 5.56. The molecule has 10 heteroatoms. The van der Waals surface area contributed by atoms with E-state index in [9.17, 15) is 26.4 Å². The van der Waals surface area contributed by atoms with Gasteiger partial charge in [0.05, 0.1) is 4.90 Å². The zero-order valence-corrected chi connectivity index (χ0v) is 17.9. The van der Waals surface area contributed by atoms with Crippen LogP contribution in [0.3, 0.4) is 0 Å². The van der Waals surface area contributed by atoms with E-state index in [-0.39, 0.29) is 29.8 Å². The van der Waals surface area contributed by atoms with E-state index in [1.165, 1.54) is 16.4 Å². The number of ether oxygens (including phenoxy) is 1. The molecule has 1 aliphatic heterocycles. The van der Waals surface area contributed by atoms with E-state index in [2.05, 4.69) is 10.1 Å². The normalized spacial score (nSPS) is 16.2. The van der Waals surface area contributed by atoms with Crippen LogP contribution in [0, 0.1) is 19.8 Å². The molecule has 0 atom stereocenters. The molecule has 0 spiro atoms. The minimum Gasteiger partial charge on any atom is -0.406 e. The number of nitrogens with one attached hydrogen (secondary N) is 1. The van der Waals surface area contributed by atoms with Crippen LogP contribution >= 0.6 is 0 Å². The predicted molar refractivity (Wildman–Crippen MR) is 109 cm³/mol. The van der Waals surface area contributed by atoms with Gasteiger partial charge >= 0.3 is 6.36 Å². The molecular formula is C21H23F3N2O4S. The fourth-order valence-corrected chi connectivity index (χ4v) is 5.08. The first kappa shape index (κ1) is 23.1. The Hall–Kier alpha value is -2.59. The first-order valence-electron chi connectivity index (χ1n) is 9.70. The number of para-hydroxylation sites is 1. The fourth-order valence-electron chi connectivity index (χ4n) is 3.58. The zero-order chi connectivity index (χ0) is 22.8. The summed E-state index contributed by atoms with van der Waals surface area (Å²) in [6.45, 7) is 3.98. The van der Waals surface area contributed by atoms with Crippen molar-refractivity contribution in [1.82, 2.24) is 4.31 Å². The summed E-state index contributed by atoms with van der Waals surface area (Å²) in [7, 11) is -4.01. The first-order valence-corrected chi connectivity index (χ1v) is 11.1. The number of sulfonamides is 1. The van der Waals surface area contributed by atoms with Crippen molar-refractivity contribution in [1.29, 1.82) is 0 Å². The van der Waals surface area contributed by atoms with Crippen molar-refractivity contribution in [2.24, 2.45) is 5.92 Å². The lowest BCUT2D eigenvalue weighted by Gasteiger charge is -2.30. The van der Waals surface area contributed by atoms with E-state index in [0.29, 0.717) is 12.8 Å². The van der Waals surface area contributed by atoms with Gasteiger partial charge in [0.15, 0.2) is 0 Å². The third-order valence-electron chi connectivity index (χ3n) is 5.23. The van der Waals surface area contributed by atoms with Crippen molar-refractivity contribution in [3.8, 4) is 5.75 Å². The van der Waals surface area contributed by atoms with Crippen molar-refractivity contribution in [3.05, 3.63) is 53.6 Å². The number of amides is 1. The van der Waals surface area contributed by atoms with E-state index in [0.717, 1.165) is 28.9 Å². The van der Waals surface area contributed by atoms with Gasteiger partial charge in [-0.2, -0.15) is 4.31 Å². The number of nitrogens with zero attached hydrogens (tertiary/aromatic N) is 1. The summed E-state index contributed by atoms with van der Waals surface area (Å²) in [6, 6.07) is 10.00. The topological polar surface area (TPSA) is 75.7 Å². The molecule has 1 amide bonds. The molecule has 6 nitrogen and oxygen atoms in total. The van der Waals surface area contributed by atoms with Gasteiger partial charge in [0, 0.05) is 30.8 Å². The molecule has 1 N–H and O–H groups in total. The van der Waals surface area contributed by atoms with Crippen LogP contribution in [0.4, 0.5) is 18.9 Å². The first-order chi connectivity index (χ1) is 14.5. The highest BCUT2D eigenvalue weighted by Crippen LogP contribution is 2.29. The van der Waals surface area contributed by atoms with Gasteiger partial charge in [-0.15, -0.1) is 13.2 Å². The summed E-state index contributed by atoms with van der Waals surface area (Å²) in [5, 5.41) is 2.93. The average Bonchev–Trinajstić information content (AvgIpc) is 2.70. The lowest BCUT2D eigenvalue weighted by Crippen LogP contribution is -2.41. The number of aryl methyl sites for hydroxylation is 2. The van der Waals surface area contributed by atoms with Crippen LogP contribution in [0.25, 0.3) is 0 Å². The molecule has 168 valence electrons. The second kappa shape index (κ2) is 8.88. The molecule has 1 saturated heterocycles. The Bertz CT molecular complexity index is 1040. The smallest absolute Gasteiger partial charge is 0.406 e. The quantitative estimate of drug-likeness (QED) is 0.730. The van der Waals surface area contributed by atoms with Crippen molar-refractivity contribution >= 4 is 21.6 Å². The Morgan fingerprint density at radius 2 is 1.65 bits per heavy atom. The Balaban J connectivity index is 1.66. The summed E-state index contributed by atoms with van der Waals surface area (Å²) in [6.07, 6.45) is -4.28. The van der Waals surface area contributed by atoms with Gasteiger partial charge in [-0.3, -0.25) is 4.79 Å². The predicted octanol–water partition coefficient (Wildman–Crippen LogP) is 4.24. The third-order valence-corrected chi connectivity index (χ3v) is 7.13. The lowest BCUT2D eigenvalue weighted by atomic mass is 9.96. The van der Waals surface area contributed by atoms with Gasteiger partial charge in [-0.05, 0) is 49.9 Å². The van der Waals surface area contributed by atoms with Crippen molar-refractivity contribution < 1.29 is 31.1 Å². The molecule has 0 saturated carbocycles. The molecule has 31 heavy (non-hydrogen) atoms. The minimum absolute atomic E-state index is 0.0948. The van der Waals surface area contributed by atoms with Crippen LogP contribution in [-0.2, 0) is 14.8 Å². The maximum atomic E-state index is 12.9. The number of alkyl halides is 3. The Labute approximate surface area is 179 Å². The molecule has 0 aliphatic carbocycles. The lowest BCUT2D eigenvalue weighted by molar-refractivity contribution is -0.274. The summed E-state index contributed by atoms with van der Waals surface area (Å²) in [5.41, 5.74) is 2.63. The average molecular weight is 456 g/mol. The van der Waals surface area contributed by atoms with Gasteiger partial charge < -0.3 is 10.1 Å². The highest BCUT2D eigenvalue weighted by Gasteiger charge is 2.34. The van der Waals surface area contributed by atoms with E-state index in [4.69, 9.17) is 0 Å². The number of carbonyl (C=O) groups is 1. The van der Waals surface area contributed by atoms with Gasteiger partial charge in [-0.25, -0.2) is 8.42 Å². The molecule has 0 bridgehead atoms. The van der Waals surface area contributed by atoms with E-state index in [1.807, 2.05) is 32.0 Å². The van der Waals surface area contributed by atoms with Crippen LogP contribution in [0.1, 0.15) is 24.0 Å². The van der Waals surface area contributed by atoms with Gasteiger partial charge in [-0.1, -0.05) is 24.3 Å². The summed E-state index contributed by atoms with van der Waals surface area (Å²) < 4.78 is 68.0. The number of hydrogen-bond donors (Lipinski definition) is 1. The number of piperidine rings is 1. The van der Waals surface area contributed by atoms with Crippen LogP contribution in [-0.4, -0.2) is 38.1 Å². The molecule has 1 fully saturated rings. The van der Waals surface area contributed by atoms with Crippen molar-refractivity contribution in [3.63, 3.8) is 0 Å². The largest absolute Gasteiger partial charge is 0.573 e. The highest BCUT2D eigenvalue weighted by molar-refractivity contribution is 7.89. The summed E-state index contributed by atoms with van der Waals surface area (Å²) in [5.74, 6) is -1.13. The molecule has 3 rings (SSSR count). The van der Waals surface area contributed by atoms with Crippen molar-refractivity contribution in [2.45, 2.75) is 37.9 Å². The Morgan fingerprint density at radius 1 is 1.06 bits per heavy atom. The zero-order valence-electron chi connectivity index (χ0n) is 17.1. The molecule has 0 radical (unpaired) electrons. The van der Waals surface area contributed by atoms with E-state index >= 15 is 0 Å². The van der Waals surface area contributed by atoms with Gasteiger partial charge in [0.1, 0.15) is 5.75 Å². The van der Waals surface area contributed by atoms with E-state index < -0.39 is 22.1 Å². The number of anilines is 1. The highest BCUT2D eigenvalue weighted by atomic mass is 32.2. The summed E-state index contributed by atoms with van der Waals surface area (Å²) in [4.78, 5) is 12.4. The monoisotopic (exact) mass is 456 g/mol. The Morgan fingerprint density at radius 3 is 2.23 bits per heavy atom. The SMILES string of the molecule is Cc1cccc(C)c1NC(=O)C1CCN(S(=O)(=O)c2cccc(OC(F)(F)F)c2)CC1.